The molecular formula is C22H21ClFN3O3. The van der Waals surface area contributed by atoms with Gasteiger partial charge >= 0.3 is 0 Å². The summed E-state index contributed by atoms with van der Waals surface area (Å²) in [4.78, 5) is 18.7. The van der Waals surface area contributed by atoms with Gasteiger partial charge in [0.2, 0.25) is 11.7 Å². The predicted octanol–water partition coefficient (Wildman–Crippen LogP) is 4.39. The topological polar surface area (TPSA) is 68.5 Å². The molecule has 3 aromatic rings. The van der Waals surface area contributed by atoms with E-state index in [-0.39, 0.29) is 30.1 Å². The minimum atomic E-state index is -0.389. The molecule has 1 fully saturated rings. The molecule has 1 unspecified atom stereocenters. The van der Waals surface area contributed by atoms with Crippen LogP contribution in [0.2, 0.25) is 5.02 Å². The number of hydrogen-bond acceptors (Lipinski definition) is 5. The molecule has 0 N–H and O–H groups in total. The van der Waals surface area contributed by atoms with Gasteiger partial charge in [0.1, 0.15) is 11.6 Å². The lowest BCUT2D eigenvalue weighted by atomic mass is 9.94. The number of aromatic nitrogens is 2. The highest BCUT2D eigenvalue weighted by Crippen LogP contribution is 2.24. The van der Waals surface area contributed by atoms with E-state index in [1.165, 1.54) is 6.07 Å². The highest BCUT2D eigenvalue weighted by atomic mass is 35.5. The third-order valence-corrected chi connectivity index (χ3v) is 5.35. The minimum absolute atomic E-state index is 0.0215. The molecule has 6 nitrogen and oxygen atoms in total. The Morgan fingerprint density at radius 3 is 2.83 bits per heavy atom. The number of amides is 1. The van der Waals surface area contributed by atoms with Crippen LogP contribution < -0.4 is 4.74 Å². The van der Waals surface area contributed by atoms with Gasteiger partial charge in [0, 0.05) is 24.5 Å². The van der Waals surface area contributed by atoms with E-state index in [9.17, 15) is 9.18 Å². The van der Waals surface area contributed by atoms with Crippen LogP contribution in [0.5, 0.6) is 5.75 Å². The lowest BCUT2D eigenvalue weighted by molar-refractivity contribution is -0.135. The summed E-state index contributed by atoms with van der Waals surface area (Å²) in [7, 11) is 0. The summed E-state index contributed by atoms with van der Waals surface area (Å²) in [5.74, 6) is 1.04. The van der Waals surface area contributed by atoms with E-state index < -0.39 is 0 Å². The molecule has 8 heteroatoms. The van der Waals surface area contributed by atoms with Crippen molar-refractivity contribution in [3.63, 3.8) is 0 Å². The number of carbonyl (C=O) groups is 1. The van der Waals surface area contributed by atoms with Crippen molar-refractivity contribution in [1.29, 1.82) is 0 Å². The molecule has 0 spiro atoms. The molecular weight excluding hydrogens is 409 g/mol. The number of carbonyl (C=O) groups excluding carboxylic acids is 1. The van der Waals surface area contributed by atoms with Gasteiger partial charge in [0.25, 0.3) is 5.91 Å². The van der Waals surface area contributed by atoms with Crippen molar-refractivity contribution in [2.45, 2.75) is 19.3 Å². The number of hydrogen-bond donors (Lipinski definition) is 0. The molecule has 2 aromatic carbocycles. The zero-order chi connectivity index (χ0) is 20.9. The molecule has 2 heterocycles. The Kier molecular flexibility index (Phi) is 6.28. The van der Waals surface area contributed by atoms with E-state index in [1.807, 2.05) is 0 Å². The Bertz CT molecular complexity index is 1010. The second kappa shape index (κ2) is 9.26. The van der Waals surface area contributed by atoms with Crippen LogP contribution in [0.25, 0.3) is 11.4 Å². The van der Waals surface area contributed by atoms with Gasteiger partial charge in [-0.15, -0.1) is 0 Å². The standard InChI is InChI=1S/C22H21ClFN3O3/c23-16-7-9-17(10-8-16)29-14-21(28)27-11-3-4-15(13-27)12-20-25-22(26-30-20)18-5-1-2-6-19(18)24/h1-2,5-10,15H,3-4,11-14H2. The fraction of sp³-hybridized carbons (Fsp3) is 0.318. The van der Waals surface area contributed by atoms with Gasteiger partial charge in [-0.05, 0) is 55.2 Å². The fourth-order valence-corrected chi connectivity index (χ4v) is 3.69. The summed E-state index contributed by atoms with van der Waals surface area (Å²) < 4.78 is 24.8. The van der Waals surface area contributed by atoms with Gasteiger partial charge in [0.05, 0.1) is 5.56 Å². The van der Waals surface area contributed by atoms with E-state index in [0.29, 0.717) is 41.7 Å². The molecule has 1 aliphatic rings. The summed E-state index contributed by atoms with van der Waals surface area (Å²) in [5, 5.41) is 4.52. The van der Waals surface area contributed by atoms with E-state index in [2.05, 4.69) is 10.1 Å². The maximum atomic E-state index is 13.9. The minimum Gasteiger partial charge on any atom is -0.484 e. The molecule has 1 amide bonds. The van der Waals surface area contributed by atoms with Gasteiger partial charge in [0.15, 0.2) is 6.61 Å². The van der Waals surface area contributed by atoms with Crippen LogP contribution in [0, 0.1) is 11.7 Å². The first-order chi connectivity index (χ1) is 14.6. The van der Waals surface area contributed by atoms with Gasteiger partial charge in [-0.25, -0.2) is 4.39 Å². The average Bonchev–Trinajstić information content (AvgIpc) is 3.22. The molecule has 30 heavy (non-hydrogen) atoms. The van der Waals surface area contributed by atoms with Crippen molar-refractivity contribution in [3.8, 4) is 17.1 Å². The van der Waals surface area contributed by atoms with Crippen LogP contribution in [0.4, 0.5) is 4.39 Å². The Labute approximate surface area is 178 Å². The second-order valence-corrected chi connectivity index (χ2v) is 7.72. The molecule has 4 rings (SSSR count). The third-order valence-electron chi connectivity index (χ3n) is 5.09. The number of halogens is 2. The molecule has 1 saturated heterocycles. The zero-order valence-corrected chi connectivity index (χ0v) is 17.0. The molecule has 0 bridgehead atoms. The Morgan fingerprint density at radius 1 is 1.23 bits per heavy atom. The van der Waals surface area contributed by atoms with E-state index in [4.69, 9.17) is 20.9 Å². The monoisotopic (exact) mass is 429 g/mol. The quantitative estimate of drug-likeness (QED) is 0.581. The van der Waals surface area contributed by atoms with E-state index in [0.717, 1.165) is 12.8 Å². The molecule has 1 aliphatic heterocycles. The normalized spacial score (nSPS) is 16.5. The number of rotatable bonds is 6. The smallest absolute Gasteiger partial charge is 0.260 e. The summed E-state index contributed by atoms with van der Waals surface area (Å²) in [5.41, 5.74) is 0.312. The first-order valence-electron chi connectivity index (χ1n) is 9.82. The highest BCUT2D eigenvalue weighted by Gasteiger charge is 2.26. The van der Waals surface area contributed by atoms with E-state index in [1.54, 1.807) is 47.4 Å². The number of ether oxygens (including phenoxy) is 1. The summed E-state index contributed by atoms with van der Waals surface area (Å²) in [6.07, 6.45) is 2.40. The second-order valence-electron chi connectivity index (χ2n) is 7.29. The first-order valence-corrected chi connectivity index (χ1v) is 10.2. The van der Waals surface area contributed by atoms with Crippen molar-refractivity contribution in [2.75, 3.05) is 19.7 Å². The van der Waals surface area contributed by atoms with Gasteiger partial charge in [-0.3, -0.25) is 4.79 Å². The maximum absolute atomic E-state index is 13.9. The SMILES string of the molecule is O=C(COc1ccc(Cl)cc1)N1CCCC(Cc2nc(-c3ccccc3F)no2)C1. The predicted molar refractivity (Wildman–Crippen MR) is 110 cm³/mol. The molecule has 0 aliphatic carbocycles. The number of benzene rings is 2. The summed E-state index contributed by atoms with van der Waals surface area (Å²) in [6, 6.07) is 13.2. The van der Waals surface area contributed by atoms with Crippen LogP contribution in [0.1, 0.15) is 18.7 Å². The number of likely N-dealkylation sites (tertiary alicyclic amines) is 1. The van der Waals surface area contributed by atoms with Crippen molar-refractivity contribution < 1.29 is 18.4 Å². The first kappa shape index (κ1) is 20.3. The van der Waals surface area contributed by atoms with Crippen molar-refractivity contribution in [2.24, 2.45) is 5.92 Å². The molecule has 1 atom stereocenters. The molecule has 1 aromatic heterocycles. The number of piperidine rings is 1. The van der Waals surface area contributed by atoms with Crippen LogP contribution >= 0.6 is 11.6 Å². The maximum Gasteiger partial charge on any atom is 0.260 e. The van der Waals surface area contributed by atoms with Crippen LogP contribution in [0.3, 0.4) is 0 Å². The fourth-order valence-electron chi connectivity index (χ4n) is 3.56. The van der Waals surface area contributed by atoms with E-state index >= 15 is 0 Å². The van der Waals surface area contributed by atoms with Crippen LogP contribution in [-0.4, -0.2) is 40.6 Å². The summed E-state index contributed by atoms with van der Waals surface area (Å²) >= 11 is 5.86. The zero-order valence-electron chi connectivity index (χ0n) is 16.3. The largest absolute Gasteiger partial charge is 0.484 e. The number of nitrogens with zero attached hydrogens (tertiary/aromatic N) is 3. The Hall–Kier alpha value is -2.93. The van der Waals surface area contributed by atoms with Crippen molar-refractivity contribution in [1.82, 2.24) is 15.0 Å². The van der Waals surface area contributed by atoms with Crippen molar-refractivity contribution in [3.05, 3.63) is 65.3 Å². The van der Waals surface area contributed by atoms with Gasteiger partial charge in [-0.1, -0.05) is 28.9 Å². The summed E-state index contributed by atoms with van der Waals surface area (Å²) in [6.45, 7) is 1.27. The van der Waals surface area contributed by atoms with Crippen LogP contribution in [-0.2, 0) is 11.2 Å². The van der Waals surface area contributed by atoms with Gasteiger partial charge in [-0.2, -0.15) is 4.98 Å². The Morgan fingerprint density at radius 2 is 2.03 bits per heavy atom. The average molecular weight is 430 g/mol. The van der Waals surface area contributed by atoms with Crippen molar-refractivity contribution >= 4 is 17.5 Å². The molecule has 0 saturated carbocycles. The lowest BCUT2D eigenvalue weighted by Crippen LogP contribution is -2.42. The Balaban J connectivity index is 1.32. The van der Waals surface area contributed by atoms with Gasteiger partial charge < -0.3 is 14.2 Å². The van der Waals surface area contributed by atoms with Crippen LogP contribution in [0.15, 0.2) is 53.1 Å². The highest BCUT2D eigenvalue weighted by molar-refractivity contribution is 6.30. The lowest BCUT2D eigenvalue weighted by Gasteiger charge is -2.32. The third kappa shape index (κ3) is 4.97. The molecule has 156 valence electrons. The molecule has 0 radical (unpaired) electrons.